The molecule has 0 saturated heterocycles. The standard InChI is InChI=1S/C21H27N5OS/c1-22-21(23-13-16-10-11-26(25-16)17-7-3-4-8-17)24-14-18(27)20-12-15-6-2-5-9-19(15)28-20/h2,5-6,9-12,17-18,27H,3-4,7-8,13-14H2,1H3,(H2,22,23,24). The SMILES string of the molecule is CN=C(NCc1ccn(C2CCCC2)n1)NCC(O)c1cc2ccccc2s1. The molecular weight excluding hydrogens is 370 g/mol. The number of nitrogens with zero attached hydrogens (tertiary/aromatic N) is 3. The Morgan fingerprint density at radius 2 is 2.11 bits per heavy atom. The second-order valence-electron chi connectivity index (χ2n) is 7.23. The number of nitrogens with one attached hydrogen (secondary N) is 2. The van der Waals surface area contributed by atoms with Crippen LogP contribution in [0.3, 0.4) is 0 Å². The fraction of sp³-hybridized carbons (Fsp3) is 0.429. The zero-order valence-corrected chi connectivity index (χ0v) is 17.0. The zero-order chi connectivity index (χ0) is 19.3. The topological polar surface area (TPSA) is 74.5 Å². The van der Waals surface area contributed by atoms with Crippen LogP contribution in [0.5, 0.6) is 0 Å². The molecule has 1 fully saturated rings. The number of guanidine groups is 1. The molecule has 2 aromatic heterocycles. The molecule has 1 atom stereocenters. The summed E-state index contributed by atoms with van der Waals surface area (Å²) >= 11 is 1.63. The van der Waals surface area contributed by atoms with Gasteiger partial charge in [-0.15, -0.1) is 11.3 Å². The molecule has 3 N–H and O–H groups in total. The molecule has 28 heavy (non-hydrogen) atoms. The second-order valence-corrected chi connectivity index (χ2v) is 8.35. The maximum absolute atomic E-state index is 10.5. The monoisotopic (exact) mass is 397 g/mol. The molecule has 1 aliphatic rings. The van der Waals surface area contributed by atoms with Crippen molar-refractivity contribution in [2.75, 3.05) is 13.6 Å². The van der Waals surface area contributed by atoms with Crippen LogP contribution >= 0.6 is 11.3 Å². The van der Waals surface area contributed by atoms with Crippen LogP contribution in [0.25, 0.3) is 10.1 Å². The van der Waals surface area contributed by atoms with Gasteiger partial charge in [0.1, 0.15) is 6.10 Å². The summed E-state index contributed by atoms with van der Waals surface area (Å²) in [5.74, 6) is 0.663. The number of hydrogen-bond acceptors (Lipinski definition) is 4. The molecule has 0 spiro atoms. The Morgan fingerprint density at radius 3 is 2.89 bits per heavy atom. The van der Waals surface area contributed by atoms with Gasteiger partial charge in [-0.1, -0.05) is 31.0 Å². The summed E-state index contributed by atoms with van der Waals surface area (Å²) in [6, 6.07) is 12.9. The Morgan fingerprint density at radius 1 is 1.29 bits per heavy atom. The van der Waals surface area contributed by atoms with Crippen molar-refractivity contribution >= 4 is 27.4 Å². The summed E-state index contributed by atoms with van der Waals surface area (Å²) in [6.45, 7) is 1.02. The van der Waals surface area contributed by atoms with Crippen molar-refractivity contribution < 1.29 is 5.11 Å². The highest BCUT2D eigenvalue weighted by atomic mass is 32.1. The third-order valence-electron chi connectivity index (χ3n) is 5.26. The number of benzene rings is 1. The average molecular weight is 398 g/mol. The molecule has 1 unspecified atom stereocenters. The van der Waals surface area contributed by atoms with E-state index in [2.05, 4.69) is 55.9 Å². The van der Waals surface area contributed by atoms with E-state index in [1.807, 2.05) is 12.1 Å². The first-order valence-electron chi connectivity index (χ1n) is 9.88. The fourth-order valence-corrected chi connectivity index (χ4v) is 4.75. The summed E-state index contributed by atoms with van der Waals surface area (Å²) in [5.41, 5.74) is 1.000. The number of thiophene rings is 1. The van der Waals surface area contributed by atoms with Gasteiger partial charge in [-0.25, -0.2) is 0 Å². The normalized spacial score (nSPS) is 16.6. The highest BCUT2D eigenvalue weighted by molar-refractivity contribution is 7.19. The van der Waals surface area contributed by atoms with E-state index in [0.29, 0.717) is 25.1 Å². The predicted molar refractivity (Wildman–Crippen MR) is 115 cm³/mol. The molecule has 0 radical (unpaired) electrons. The summed E-state index contributed by atoms with van der Waals surface area (Å²) < 4.78 is 3.29. The van der Waals surface area contributed by atoms with Crippen LogP contribution in [0.1, 0.15) is 48.4 Å². The number of rotatable bonds is 6. The molecule has 3 aromatic rings. The molecule has 1 aromatic carbocycles. The first kappa shape index (κ1) is 19.0. The molecular formula is C21H27N5OS. The van der Waals surface area contributed by atoms with Crippen LogP contribution in [0, 0.1) is 0 Å². The van der Waals surface area contributed by atoms with Crippen molar-refractivity contribution in [2.24, 2.45) is 4.99 Å². The highest BCUT2D eigenvalue weighted by Gasteiger charge is 2.17. The lowest BCUT2D eigenvalue weighted by molar-refractivity contribution is 0.184. The summed E-state index contributed by atoms with van der Waals surface area (Å²) in [5, 5.41) is 22.9. The van der Waals surface area contributed by atoms with Crippen LogP contribution in [0.15, 0.2) is 47.6 Å². The van der Waals surface area contributed by atoms with Crippen molar-refractivity contribution in [3.05, 3.63) is 53.2 Å². The van der Waals surface area contributed by atoms with Crippen LogP contribution in [0.2, 0.25) is 0 Å². The van der Waals surface area contributed by atoms with Crippen LogP contribution in [0.4, 0.5) is 0 Å². The minimum Gasteiger partial charge on any atom is -0.386 e. The first-order valence-corrected chi connectivity index (χ1v) is 10.7. The Labute approximate surface area is 169 Å². The van der Waals surface area contributed by atoms with E-state index in [9.17, 15) is 5.11 Å². The van der Waals surface area contributed by atoms with Crippen molar-refractivity contribution in [3.63, 3.8) is 0 Å². The Kier molecular flexibility index (Phi) is 5.92. The molecule has 1 aliphatic carbocycles. The van der Waals surface area contributed by atoms with Gasteiger partial charge in [0, 0.05) is 29.4 Å². The molecule has 0 bridgehead atoms. The smallest absolute Gasteiger partial charge is 0.191 e. The Balaban J connectivity index is 1.28. The maximum Gasteiger partial charge on any atom is 0.191 e. The molecule has 0 aliphatic heterocycles. The van der Waals surface area contributed by atoms with E-state index < -0.39 is 6.10 Å². The quantitative estimate of drug-likeness (QED) is 0.439. The highest BCUT2D eigenvalue weighted by Crippen LogP contribution is 2.30. The van der Waals surface area contributed by atoms with Gasteiger partial charge in [0.05, 0.1) is 18.3 Å². The van der Waals surface area contributed by atoms with Crippen molar-refractivity contribution in [1.29, 1.82) is 0 Å². The number of fused-ring (bicyclic) bond motifs is 1. The number of aliphatic hydroxyl groups is 1. The molecule has 1 saturated carbocycles. The van der Waals surface area contributed by atoms with Gasteiger partial charge < -0.3 is 15.7 Å². The summed E-state index contributed by atoms with van der Waals surface area (Å²) in [4.78, 5) is 5.21. The largest absolute Gasteiger partial charge is 0.386 e. The molecule has 7 heteroatoms. The van der Waals surface area contributed by atoms with Gasteiger partial charge in [-0.3, -0.25) is 9.67 Å². The molecule has 6 nitrogen and oxygen atoms in total. The third kappa shape index (κ3) is 4.36. The van der Waals surface area contributed by atoms with E-state index in [4.69, 9.17) is 0 Å². The number of hydrogen-bond donors (Lipinski definition) is 3. The van der Waals surface area contributed by atoms with E-state index in [1.54, 1.807) is 18.4 Å². The van der Waals surface area contributed by atoms with Gasteiger partial charge in [-0.2, -0.15) is 5.10 Å². The number of aromatic nitrogens is 2. The van der Waals surface area contributed by atoms with Crippen LogP contribution < -0.4 is 10.6 Å². The van der Waals surface area contributed by atoms with Crippen molar-refractivity contribution in [3.8, 4) is 0 Å². The molecule has 2 heterocycles. The Bertz CT molecular complexity index is 908. The minimum absolute atomic E-state index is 0.406. The fourth-order valence-electron chi connectivity index (χ4n) is 3.70. The zero-order valence-electron chi connectivity index (χ0n) is 16.1. The van der Waals surface area contributed by atoms with Gasteiger partial charge in [0.15, 0.2) is 5.96 Å². The summed E-state index contributed by atoms with van der Waals surface area (Å²) in [7, 11) is 1.73. The molecule has 148 valence electrons. The van der Waals surface area contributed by atoms with E-state index in [0.717, 1.165) is 10.6 Å². The third-order valence-corrected chi connectivity index (χ3v) is 6.48. The van der Waals surface area contributed by atoms with Crippen molar-refractivity contribution in [2.45, 2.75) is 44.4 Å². The van der Waals surface area contributed by atoms with Gasteiger partial charge in [0.2, 0.25) is 0 Å². The number of aliphatic hydroxyl groups excluding tert-OH is 1. The molecule has 0 amide bonds. The van der Waals surface area contributed by atoms with E-state index in [1.165, 1.54) is 35.8 Å². The lowest BCUT2D eigenvalue weighted by atomic mass is 10.2. The predicted octanol–water partition coefficient (Wildman–Crippen LogP) is 3.61. The average Bonchev–Trinajstić information content (AvgIpc) is 3.47. The van der Waals surface area contributed by atoms with Crippen LogP contribution in [-0.4, -0.2) is 34.4 Å². The van der Waals surface area contributed by atoms with Crippen molar-refractivity contribution in [1.82, 2.24) is 20.4 Å². The summed E-state index contributed by atoms with van der Waals surface area (Å²) in [6.07, 6.45) is 6.57. The van der Waals surface area contributed by atoms with Gasteiger partial charge >= 0.3 is 0 Å². The molecule has 4 rings (SSSR count). The van der Waals surface area contributed by atoms with Crippen LogP contribution in [-0.2, 0) is 6.54 Å². The minimum atomic E-state index is -0.572. The second kappa shape index (κ2) is 8.75. The maximum atomic E-state index is 10.5. The Hall–Kier alpha value is -2.38. The number of aliphatic imine (C=N–C) groups is 1. The first-order chi connectivity index (χ1) is 13.7. The van der Waals surface area contributed by atoms with E-state index in [-0.39, 0.29) is 0 Å². The van der Waals surface area contributed by atoms with Gasteiger partial charge in [0.25, 0.3) is 0 Å². The van der Waals surface area contributed by atoms with E-state index >= 15 is 0 Å². The van der Waals surface area contributed by atoms with Gasteiger partial charge in [-0.05, 0) is 36.4 Å². The lowest BCUT2D eigenvalue weighted by Gasteiger charge is -2.14. The lowest BCUT2D eigenvalue weighted by Crippen LogP contribution is -2.39.